The SMILES string of the molecule is CC1(C)c2cc(-c3ccccc3)ccc2-c2ccc3c(c21)C(C)(C)c1cc2c(cc1-3)c1ccccc1n2-c1ccccc1. The molecule has 1 heterocycles. The molecule has 0 amide bonds. The van der Waals surface area contributed by atoms with Gasteiger partial charge >= 0.3 is 0 Å². The van der Waals surface area contributed by atoms with Crippen LogP contribution >= 0.6 is 0 Å². The fraction of sp³-hybridized carbons (Fsp3) is 0.143. The molecule has 43 heavy (non-hydrogen) atoms. The van der Waals surface area contributed by atoms with E-state index in [1.165, 1.54) is 83.1 Å². The molecule has 0 unspecified atom stereocenters. The number of nitrogens with zero attached hydrogens (tertiary/aromatic N) is 1. The van der Waals surface area contributed by atoms with Gasteiger partial charge in [-0.1, -0.05) is 119 Å². The van der Waals surface area contributed by atoms with Crippen molar-refractivity contribution in [2.24, 2.45) is 0 Å². The summed E-state index contributed by atoms with van der Waals surface area (Å²) in [6, 6.07) is 47.3. The van der Waals surface area contributed by atoms with Crippen LogP contribution in [0.4, 0.5) is 0 Å². The number of para-hydroxylation sites is 2. The van der Waals surface area contributed by atoms with Gasteiger partial charge in [-0.3, -0.25) is 0 Å². The molecule has 0 saturated carbocycles. The molecule has 2 aliphatic rings. The van der Waals surface area contributed by atoms with Gasteiger partial charge in [0.2, 0.25) is 0 Å². The molecule has 0 aliphatic heterocycles. The van der Waals surface area contributed by atoms with Crippen LogP contribution in [0, 0.1) is 0 Å². The lowest BCUT2D eigenvalue weighted by Crippen LogP contribution is -2.24. The van der Waals surface area contributed by atoms with Gasteiger partial charge in [0.25, 0.3) is 0 Å². The Morgan fingerprint density at radius 3 is 1.72 bits per heavy atom. The van der Waals surface area contributed by atoms with Crippen molar-refractivity contribution in [3.05, 3.63) is 150 Å². The predicted molar refractivity (Wildman–Crippen MR) is 181 cm³/mol. The van der Waals surface area contributed by atoms with Crippen molar-refractivity contribution in [2.45, 2.75) is 38.5 Å². The van der Waals surface area contributed by atoms with E-state index in [0.29, 0.717) is 0 Å². The van der Waals surface area contributed by atoms with Crippen molar-refractivity contribution >= 4 is 21.8 Å². The lowest BCUT2D eigenvalue weighted by molar-refractivity contribution is 0.601. The first-order valence-corrected chi connectivity index (χ1v) is 15.4. The molecule has 1 heteroatoms. The molecule has 0 bridgehead atoms. The number of aromatic nitrogens is 1. The highest BCUT2D eigenvalue weighted by Gasteiger charge is 2.46. The van der Waals surface area contributed by atoms with Crippen LogP contribution in [0.5, 0.6) is 0 Å². The van der Waals surface area contributed by atoms with Gasteiger partial charge in [-0.15, -0.1) is 0 Å². The van der Waals surface area contributed by atoms with E-state index in [1.54, 1.807) is 0 Å². The molecule has 9 rings (SSSR count). The van der Waals surface area contributed by atoms with Gasteiger partial charge in [0, 0.05) is 27.3 Å². The Balaban J connectivity index is 1.29. The average molecular weight is 552 g/mol. The summed E-state index contributed by atoms with van der Waals surface area (Å²) in [7, 11) is 0. The zero-order valence-electron chi connectivity index (χ0n) is 25.1. The van der Waals surface area contributed by atoms with Gasteiger partial charge in [0.15, 0.2) is 0 Å². The van der Waals surface area contributed by atoms with Gasteiger partial charge in [0.1, 0.15) is 0 Å². The van der Waals surface area contributed by atoms with Gasteiger partial charge in [-0.05, 0) is 92.0 Å². The van der Waals surface area contributed by atoms with E-state index in [4.69, 9.17) is 0 Å². The largest absolute Gasteiger partial charge is 0.309 e. The Labute approximate surface area is 253 Å². The third kappa shape index (κ3) is 3.17. The van der Waals surface area contributed by atoms with E-state index < -0.39 is 0 Å². The number of fused-ring (bicyclic) bond motifs is 10. The van der Waals surface area contributed by atoms with Crippen molar-refractivity contribution in [3.63, 3.8) is 0 Å². The second-order valence-electron chi connectivity index (χ2n) is 13.4. The van der Waals surface area contributed by atoms with Crippen LogP contribution < -0.4 is 0 Å². The maximum Gasteiger partial charge on any atom is 0.0544 e. The number of hydrogen-bond acceptors (Lipinski definition) is 0. The lowest BCUT2D eigenvalue weighted by Gasteiger charge is -2.31. The molecule has 6 aromatic carbocycles. The normalized spacial score (nSPS) is 15.3. The highest BCUT2D eigenvalue weighted by molar-refractivity contribution is 6.12. The summed E-state index contributed by atoms with van der Waals surface area (Å²) < 4.78 is 2.44. The van der Waals surface area contributed by atoms with Gasteiger partial charge < -0.3 is 4.57 Å². The van der Waals surface area contributed by atoms with Crippen molar-refractivity contribution in [3.8, 4) is 39.1 Å². The maximum absolute atomic E-state index is 2.49. The van der Waals surface area contributed by atoms with Gasteiger partial charge in [-0.2, -0.15) is 0 Å². The molecule has 0 radical (unpaired) electrons. The number of rotatable bonds is 2. The Morgan fingerprint density at radius 2 is 1.00 bits per heavy atom. The second-order valence-corrected chi connectivity index (χ2v) is 13.4. The van der Waals surface area contributed by atoms with E-state index in [2.05, 4.69) is 160 Å². The molecular formula is C42H33N. The van der Waals surface area contributed by atoms with Crippen LogP contribution in [0.15, 0.2) is 127 Å². The Morgan fingerprint density at radius 1 is 0.419 bits per heavy atom. The third-order valence-corrected chi connectivity index (χ3v) is 10.3. The molecule has 0 N–H and O–H groups in total. The molecule has 0 atom stereocenters. The average Bonchev–Trinajstić information content (AvgIpc) is 3.57. The topological polar surface area (TPSA) is 4.93 Å². The smallest absolute Gasteiger partial charge is 0.0544 e. The zero-order valence-corrected chi connectivity index (χ0v) is 25.1. The summed E-state index contributed by atoms with van der Waals surface area (Å²) in [6.07, 6.45) is 0. The molecule has 1 aromatic heterocycles. The van der Waals surface area contributed by atoms with E-state index in [0.717, 1.165) is 0 Å². The fourth-order valence-corrected chi connectivity index (χ4v) is 8.34. The Hall–Kier alpha value is -4.88. The van der Waals surface area contributed by atoms with Crippen LogP contribution in [0.1, 0.15) is 49.9 Å². The van der Waals surface area contributed by atoms with E-state index in [1.807, 2.05) is 0 Å². The minimum atomic E-state index is -0.135. The number of hydrogen-bond donors (Lipinski definition) is 0. The molecule has 2 aliphatic carbocycles. The van der Waals surface area contributed by atoms with Crippen molar-refractivity contribution < 1.29 is 0 Å². The highest BCUT2D eigenvalue weighted by atomic mass is 15.0. The van der Waals surface area contributed by atoms with Crippen LogP contribution in [-0.4, -0.2) is 4.57 Å². The zero-order chi connectivity index (χ0) is 29.1. The van der Waals surface area contributed by atoms with Crippen LogP contribution in [0.2, 0.25) is 0 Å². The lowest BCUT2D eigenvalue weighted by atomic mass is 9.72. The third-order valence-electron chi connectivity index (χ3n) is 10.3. The quantitative estimate of drug-likeness (QED) is 0.201. The van der Waals surface area contributed by atoms with Crippen molar-refractivity contribution in [1.82, 2.24) is 4.57 Å². The van der Waals surface area contributed by atoms with Crippen molar-refractivity contribution in [2.75, 3.05) is 0 Å². The van der Waals surface area contributed by atoms with Crippen LogP contribution in [0.25, 0.3) is 60.9 Å². The summed E-state index contributed by atoms with van der Waals surface area (Å²) in [5, 5.41) is 2.62. The van der Waals surface area contributed by atoms with E-state index >= 15 is 0 Å². The first kappa shape index (κ1) is 24.7. The standard InChI is InChI=1S/C42H33N/c1-41(2)35-23-27(26-13-7-5-8-14-26)19-20-29(35)31-21-22-32-33-24-34-30-17-11-12-18-37(30)43(28-15-9-6-10-16-28)38(34)25-36(33)42(3,4)40(32)39(31)41/h5-25H,1-4H3. The molecule has 0 fully saturated rings. The van der Waals surface area contributed by atoms with Crippen LogP contribution in [0.3, 0.4) is 0 Å². The minimum absolute atomic E-state index is 0.106. The van der Waals surface area contributed by atoms with E-state index in [-0.39, 0.29) is 10.8 Å². The van der Waals surface area contributed by atoms with Crippen molar-refractivity contribution in [1.29, 1.82) is 0 Å². The Kier molecular flexibility index (Phi) is 4.80. The molecule has 0 saturated heterocycles. The molecule has 1 nitrogen and oxygen atoms in total. The fourth-order valence-electron chi connectivity index (χ4n) is 8.34. The maximum atomic E-state index is 2.49. The number of benzene rings is 6. The monoisotopic (exact) mass is 551 g/mol. The summed E-state index contributed by atoms with van der Waals surface area (Å²) in [4.78, 5) is 0. The summed E-state index contributed by atoms with van der Waals surface area (Å²) in [5.74, 6) is 0. The summed E-state index contributed by atoms with van der Waals surface area (Å²) in [6.45, 7) is 9.74. The van der Waals surface area contributed by atoms with Crippen LogP contribution in [-0.2, 0) is 10.8 Å². The molecule has 206 valence electrons. The second kappa shape index (κ2) is 8.36. The molecule has 0 spiro atoms. The first-order chi connectivity index (χ1) is 20.9. The predicted octanol–water partition coefficient (Wildman–Crippen LogP) is 11.1. The molecular weight excluding hydrogens is 518 g/mol. The van der Waals surface area contributed by atoms with Gasteiger partial charge in [0.05, 0.1) is 11.0 Å². The van der Waals surface area contributed by atoms with E-state index in [9.17, 15) is 0 Å². The summed E-state index contributed by atoms with van der Waals surface area (Å²) >= 11 is 0. The highest BCUT2D eigenvalue weighted by Crippen LogP contribution is 2.60. The first-order valence-electron chi connectivity index (χ1n) is 15.4. The summed E-state index contributed by atoms with van der Waals surface area (Å²) in [5.41, 5.74) is 17.4. The minimum Gasteiger partial charge on any atom is -0.309 e. The van der Waals surface area contributed by atoms with Gasteiger partial charge in [-0.25, -0.2) is 0 Å². The molecule has 7 aromatic rings. The Bertz CT molecular complexity index is 2260.